The van der Waals surface area contributed by atoms with Gasteiger partial charge in [-0.25, -0.2) is 5.43 Å². The van der Waals surface area contributed by atoms with E-state index < -0.39 is 0 Å². The lowest BCUT2D eigenvalue weighted by Gasteiger charge is -2.07. The summed E-state index contributed by atoms with van der Waals surface area (Å²) in [7, 11) is 0. The summed E-state index contributed by atoms with van der Waals surface area (Å²) >= 11 is 0. The van der Waals surface area contributed by atoms with Crippen molar-refractivity contribution in [3.05, 3.63) is 59.2 Å². The third kappa shape index (κ3) is 6.58. The highest BCUT2D eigenvalue weighted by Crippen LogP contribution is 2.16. The molecule has 2 aromatic carbocycles. The van der Waals surface area contributed by atoms with Gasteiger partial charge in [0.05, 0.1) is 12.8 Å². The molecule has 0 spiro atoms. The van der Waals surface area contributed by atoms with Gasteiger partial charge in [-0.2, -0.15) is 5.10 Å². The summed E-state index contributed by atoms with van der Waals surface area (Å²) in [6.07, 6.45) is 1.67. The van der Waals surface area contributed by atoms with E-state index in [1.54, 1.807) is 0 Å². The lowest BCUT2D eigenvalue weighted by Crippen LogP contribution is -2.20. The van der Waals surface area contributed by atoms with Crippen LogP contribution in [0.2, 0.25) is 0 Å². The zero-order valence-electron chi connectivity index (χ0n) is 15.9. The molecule has 2 amide bonds. The smallest absolute Gasteiger partial charge is 0.240 e. The number of anilines is 1. The third-order valence-electron chi connectivity index (χ3n) is 3.98. The summed E-state index contributed by atoms with van der Waals surface area (Å²) in [4.78, 5) is 23.8. The third-order valence-corrected chi connectivity index (χ3v) is 3.98. The second kappa shape index (κ2) is 10.1. The molecular weight excluding hydrogens is 342 g/mol. The minimum absolute atomic E-state index is 0.0567. The number of nitrogens with one attached hydrogen (secondary N) is 2. The Morgan fingerprint density at radius 2 is 1.78 bits per heavy atom. The van der Waals surface area contributed by atoms with E-state index in [1.807, 2.05) is 63.2 Å². The van der Waals surface area contributed by atoms with Crippen LogP contribution in [0.1, 0.15) is 36.5 Å². The van der Waals surface area contributed by atoms with Crippen LogP contribution in [-0.2, 0) is 9.59 Å². The molecule has 0 aromatic heterocycles. The molecule has 0 radical (unpaired) electrons. The summed E-state index contributed by atoms with van der Waals surface area (Å²) in [5.41, 5.74) is 6.20. The first kappa shape index (κ1) is 20.2. The minimum atomic E-state index is -0.324. The number of rotatable bonds is 8. The number of hydrazone groups is 1. The SMILES string of the molecule is CCOc1ccccc1/C=N/NC(=O)CCC(=O)Nc1ccc(C)c(C)c1. The van der Waals surface area contributed by atoms with E-state index in [-0.39, 0.29) is 24.7 Å². The standard InChI is InChI=1S/C21H25N3O3/c1-4-27-19-8-6-5-7-17(19)14-22-24-21(26)12-11-20(25)23-18-10-9-15(2)16(3)13-18/h5-10,13-14H,4,11-12H2,1-3H3,(H,23,25)(H,24,26)/b22-14+. The van der Waals surface area contributed by atoms with Gasteiger partial charge in [0, 0.05) is 24.1 Å². The molecule has 2 aromatic rings. The van der Waals surface area contributed by atoms with E-state index >= 15 is 0 Å². The Hall–Kier alpha value is -3.15. The van der Waals surface area contributed by atoms with E-state index in [0.29, 0.717) is 12.4 Å². The van der Waals surface area contributed by atoms with Crippen molar-refractivity contribution in [2.45, 2.75) is 33.6 Å². The molecule has 2 rings (SSSR count). The summed E-state index contributed by atoms with van der Waals surface area (Å²) in [6.45, 7) is 6.45. The number of hydrogen-bond acceptors (Lipinski definition) is 4. The lowest BCUT2D eigenvalue weighted by atomic mass is 10.1. The predicted molar refractivity (Wildman–Crippen MR) is 107 cm³/mol. The highest BCUT2D eigenvalue weighted by molar-refractivity contribution is 5.93. The van der Waals surface area contributed by atoms with E-state index in [2.05, 4.69) is 15.8 Å². The lowest BCUT2D eigenvalue weighted by molar-refractivity contribution is -0.124. The van der Waals surface area contributed by atoms with Crippen LogP contribution in [0.15, 0.2) is 47.6 Å². The number of amides is 2. The van der Waals surface area contributed by atoms with Gasteiger partial charge in [-0.3, -0.25) is 9.59 Å². The van der Waals surface area contributed by atoms with Gasteiger partial charge >= 0.3 is 0 Å². The number of para-hydroxylation sites is 1. The molecular formula is C21H25N3O3. The topological polar surface area (TPSA) is 79.8 Å². The summed E-state index contributed by atoms with van der Waals surface area (Å²) < 4.78 is 5.49. The van der Waals surface area contributed by atoms with E-state index in [0.717, 1.165) is 22.4 Å². The monoisotopic (exact) mass is 367 g/mol. The van der Waals surface area contributed by atoms with E-state index in [4.69, 9.17) is 4.74 Å². The van der Waals surface area contributed by atoms with Crippen molar-refractivity contribution in [3.63, 3.8) is 0 Å². The Labute approximate surface area is 159 Å². The Kier molecular flexibility index (Phi) is 7.55. The van der Waals surface area contributed by atoms with Crippen LogP contribution in [0.5, 0.6) is 5.75 Å². The van der Waals surface area contributed by atoms with Gasteiger partial charge in [-0.05, 0) is 56.2 Å². The van der Waals surface area contributed by atoms with Gasteiger partial charge in [0.25, 0.3) is 0 Å². The first-order valence-electron chi connectivity index (χ1n) is 8.90. The van der Waals surface area contributed by atoms with Crippen LogP contribution in [0.4, 0.5) is 5.69 Å². The molecule has 2 N–H and O–H groups in total. The fraction of sp³-hybridized carbons (Fsp3) is 0.286. The average Bonchev–Trinajstić information content (AvgIpc) is 2.65. The summed E-state index contributed by atoms with van der Waals surface area (Å²) in [5, 5.41) is 6.73. The number of ether oxygens (including phenoxy) is 1. The molecule has 0 saturated heterocycles. The van der Waals surface area contributed by atoms with Gasteiger partial charge in [0.15, 0.2) is 0 Å². The quantitative estimate of drug-likeness (QED) is 0.553. The molecule has 0 heterocycles. The number of nitrogens with zero attached hydrogens (tertiary/aromatic N) is 1. The molecule has 0 aliphatic rings. The van der Waals surface area contributed by atoms with E-state index in [9.17, 15) is 9.59 Å². The van der Waals surface area contributed by atoms with Crippen molar-refractivity contribution in [1.29, 1.82) is 0 Å². The molecule has 6 heteroatoms. The van der Waals surface area contributed by atoms with Crippen molar-refractivity contribution in [2.24, 2.45) is 5.10 Å². The maximum absolute atomic E-state index is 12.0. The number of aryl methyl sites for hydroxylation is 2. The van der Waals surface area contributed by atoms with Crippen LogP contribution >= 0.6 is 0 Å². The molecule has 0 aliphatic carbocycles. The molecule has 0 unspecified atom stereocenters. The summed E-state index contributed by atoms with van der Waals surface area (Å²) in [6, 6.07) is 13.1. The summed E-state index contributed by atoms with van der Waals surface area (Å²) in [5.74, 6) is 0.167. The zero-order valence-corrected chi connectivity index (χ0v) is 15.9. The second-order valence-corrected chi connectivity index (χ2v) is 6.11. The van der Waals surface area contributed by atoms with Crippen LogP contribution in [0.25, 0.3) is 0 Å². The van der Waals surface area contributed by atoms with Crippen molar-refractivity contribution in [2.75, 3.05) is 11.9 Å². The average molecular weight is 367 g/mol. The Bertz CT molecular complexity index is 831. The first-order chi connectivity index (χ1) is 13.0. The number of carbonyl (C=O) groups is 2. The molecule has 142 valence electrons. The van der Waals surface area contributed by atoms with Crippen molar-refractivity contribution in [3.8, 4) is 5.75 Å². The molecule has 0 fully saturated rings. The highest BCUT2D eigenvalue weighted by atomic mass is 16.5. The number of hydrogen-bond donors (Lipinski definition) is 2. The van der Waals surface area contributed by atoms with Crippen LogP contribution in [-0.4, -0.2) is 24.6 Å². The van der Waals surface area contributed by atoms with Crippen LogP contribution < -0.4 is 15.5 Å². The molecule has 0 atom stereocenters. The minimum Gasteiger partial charge on any atom is -0.493 e. The van der Waals surface area contributed by atoms with Crippen molar-refractivity contribution >= 4 is 23.7 Å². The predicted octanol–water partition coefficient (Wildman–Crippen LogP) is 3.57. The Morgan fingerprint density at radius 1 is 1.04 bits per heavy atom. The Balaban J connectivity index is 1.79. The fourth-order valence-corrected chi connectivity index (χ4v) is 2.37. The van der Waals surface area contributed by atoms with Crippen molar-refractivity contribution in [1.82, 2.24) is 5.43 Å². The maximum atomic E-state index is 12.0. The number of carbonyl (C=O) groups excluding carboxylic acids is 2. The fourth-order valence-electron chi connectivity index (χ4n) is 2.37. The van der Waals surface area contributed by atoms with Crippen LogP contribution in [0, 0.1) is 13.8 Å². The molecule has 6 nitrogen and oxygen atoms in total. The molecule has 0 saturated carbocycles. The Morgan fingerprint density at radius 3 is 2.52 bits per heavy atom. The van der Waals surface area contributed by atoms with Crippen molar-refractivity contribution < 1.29 is 14.3 Å². The van der Waals surface area contributed by atoms with Crippen LogP contribution in [0.3, 0.4) is 0 Å². The van der Waals surface area contributed by atoms with Gasteiger partial charge in [-0.1, -0.05) is 18.2 Å². The zero-order chi connectivity index (χ0) is 19.6. The molecule has 0 aliphatic heterocycles. The van der Waals surface area contributed by atoms with E-state index in [1.165, 1.54) is 6.21 Å². The number of benzene rings is 2. The normalized spacial score (nSPS) is 10.6. The van der Waals surface area contributed by atoms with Gasteiger partial charge < -0.3 is 10.1 Å². The molecule has 0 bridgehead atoms. The second-order valence-electron chi connectivity index (χ2n) is 6.11. The van der Waals surface area contributed by atoms with Gasteiger partial charge in [0.2, 0.25) is 11.8 Å². The molecule has 27 heavy (non-hydrogen) atoms. The largest absolute Gasteiger partial charge is 0.493 e. The maximum Gasteiger partial charge on any atom is 0.240 e. The first-order valence-corrected chi connectivity index (χ1v) is 8.90. The highest BCUT2D eigenvalue weighted by Gasteiger charge is 2.07. The van der Waals surface area contributed by atoms with Gasteiger partial charge in [0.1, 0.15) is 5.75 Å². The van der Waals surface area contributed by atoms with Gasteiger partial charge in [-0.15, -0.1) is 0 Å².